The second-order valence-electron chi connectivity index (χ2n) is 4.23. The van der Waals surface area contributed by atoms with Crippen LogP contribution in [0, 0.1) is 5.92 Å². The molecule has 2 saturated heterocycles. The number of amides is 1. The lowest BCUT2D eigenvalue weighted by atomic mass is 10.0. The number of piperidine rings is 1. The van der Waals surface area contributed by atoms with Crippen LogP contribution in [-0.2, 0) is 9.53 Å². The van der Waals surface area contributed by atoms with Gasteiger partial charge in [-0.1, -0.05) is 0 Å². The minimum absolute atomic E-state index is 0.604. The van der Waals surface area contributed by atoms with E-state index in [1.807, 2.05) is 4.90 Å². The Bertz CT molecular complexity index is 187. The third-order valence-electron chi connectivity index (χ3n) is 3.08. The van der Waals surface area contributed by atoms with Crippen molar-refractivity contribution < 1.29 is 9.53 Å². The van der Waals surface area contributed by atoms with Crippen LogP contribution in [0.2, 0.25) is 0 Å². The van der Waals surface area contributed by atoms with E-state index in [1.54, 1.807) is 0 Å². The van der Waals surface area contributed by atoms with Crippen molar-refractivity contribution in [3.63, 3.8) is 0 Å². The Hall–Kier alpha value is -0.610. The maximum absolute atomic E-state index is 10.5. The average Bonchev–Trinajstić information content (AvgIpc) is 2.16. The number of carbonyl (C=O) groups is 1. The van der Waals surface area contributed by atoms with E-state index in [0.717, 1.165) is 58.0 Å². The molecule has 2 fully saturated rings. The lowest BCUT2D eigenvalue weighted by Gasteiger charge is -2.33. The molecule has 1 N–H and O–H groups in total. The standard InChI is InChI=1S/C10H18N2O2/c13-8-12-3-1-10(2-4-12)11-5-9-6-14-7-9/h8-11H,1-7H2. The summed E-state index contributed by atoms with van der Waals surface area (Å²) >= 11 is 0. The number of rotatable bonds is 4. The highest BCUT2D eigenvalue weighted by Gasteiger charge is 2.22. The maximum atomic E-state index is 10.5. The van der Waals surface area contributed by atoms with Crippen LogP contribution in [0.5, 0.6) is 0 Å². The Labute approximate surface area is 84.6 Å². The lowest BCUT2D eigenvalue weighted by molar-refractivity contribution is -0.119. The number of likely N-dealkylation sites (tertiary alicyclic amines) is 1. The zero-order valence-electron chi connectivity index (χ0n) is 8.45. The van der Waals surface area contributed by atoms with E-state index in [-0.39, 0.29) is 0 Å². The first-order valence-corrected chi connectivity index (χ1v) is 5.39. The molecule has 0 aromatic carbocycles. The summed E-state index contributed by atoms with van der Waals surface area (Å²) in [4.78, 5) is 12.3. The molecule has 4 heteroatoms. The van der Waals surface area contributed by atoms with E-state index in [0.29, 0.717) is 6.04 Å². The van der Waals surface area contributed by atoms with E-state index in [9.17, 15) is 4.79 Å². The van der Waals surface area contributed by atoms with Crippen molar-refractivity contribution in [2.75, 3.05) is 32.8 Å². The summed E-state index contributed by atoms with van der Waals surface area (Å²) in [6.07, 6.45) is 3.13. The zero-order valence-corrected chi connectivity index (χ0v) is 8.45. The molecule has 2 rings (SSSR count). The molecule has 0 spiro atoms. The molecule has 80 valence electrons. The highest BCUT2D eigenvalue weighted by molar-refractivity contribution is 5.47. The van der Waals surface area contributed by atoms with Crippen molar-refractivity contribution in [1.82, 2.24) is 10.2 Å². The quantitative estimate of drug-likeness (QED) is 0.638. The third-order valence-corrected chi connectivity index (χ3v) is 3.08. The molecule has 0 radical (unpaired) electrons. The number of nitrogens with one attached hydrogen (secondary N) is 1. The van der Waals surface area contributed by atoms with Crippen molar-refractivity contribution >= 4 is 6.41 Å². The SMILES string of the molecule is O=CN1CCC(NCC2COC2)CC1. The van der Waals surface area contributed by atoms with Gasteiger partial charge in [-0.05, 0) is 12.8 Å². The normalized spacial score (nSPS) is 24.7. The van der Waals surface area contributed by atoms with Gasteiger partial charge in [0, 0.05) is 31.6 Å². The van der Waals surface area contributed by atoms with Crippen LogP contribution < -0.4 is 5.32 Å². The van der Waals surface area contributed by atoms with Crippen molar-refractivity contribution in [2.24, 2.45) is 5.92 Å². The van der Waals surface area contributed by atoms with E-state index in [4.69, 9.17) is 4.74 Å². The van der Waals surface area contributed by atoms with Crippen molar-refractivity contribution in [2.45, 2.75) is 18.9 Å². The van der Waals surface area contributed by atoms with Gasteiger partial charge in [0.1, 0.15) is 0 Å². The minimum Gasteiger partial charge on any atom is -0.381 e. The van der Waals surface area contributed by atoms with Crippen LogP contribution in [0.3, 0.4) is 0 Å². The fourth-order valence-electron chi connectivity index (χ4n) is 1.94. The minimum atomic E-state index is 0.604. The Kier molecular flexibility index (Phi) is 3.37. The zero-order chi connectivity index (χ0) is 9.80. The van der Waals surface area contributed by atoms with Crippen LogP contribution in [0.1, 0.15) is 12.8 Å². The van der Waals surface area contributed by atoms with Gasteiger partial charge in [-0.15, -0.1) is 0 Å². The van der Waals surface area contributed by atoms with E-state index in [1.165, 1.54) is 0 Å². The van der Waals surface area contributed by atoms with Crippen molar-refractivity contribution in [3.8, 4) is 0 Å². The second kappa shape index (κ2) is 4.75. The fourth-order valence-corrected chi connectivity index (χ4v) is 1.94. The number of ether oxygens (including phenoxy) is 1. The van der Waals surface area contributed by atoms with Gasteiger partial charge in [0.2, 0.25) is 6.41 Å². The number of hydrogen-bond donors (Lipinski definition) is 1. The predicted octanol–water partition coefficient (Wildman–Crippen LogP) is -0.157. The van der Waals surface area contributed by atoms with Gasteiger partial charge in [0.15, 0.2) is 0 Å². The van der Waals surface area contributed by atoms with Crippen LogP contribution in [0.25, 0.3) is 0 Å². The summed E-state index contributed by atoms with van der Waals surface area (Å²) in [6.45, 7) is 4.72. The van der Waals surface area contributed by atoms with E-state index < -0.39 is 0 Å². The molecule has 2 aliphatic heterocycles. The number of nitrogens with zero attached hydrogens (tertiary/aromatic N) is 1. The molecule has 2 aliphatic rings. The Morgan fingerprint density at radius 3 is 2.57 bits per heavy atom. The van der Waals surface area contributed by atoms with Crippen LogP contribution in [0.4, 0.5) is 0 Å². The van der Waals surface area contributed by atoms with Gasteiger partial charge in [-0.25, -0.2) is 0 Å². The molecule has 0 aliphatic carbocycles. The molecule has 1 amide bonds. The van der Waals surface area contributed by atoms with Crippen LogP contribution in [0.15, 0.2) is 0 Å². The smallest absolute Gasteiger partial charge is 0.209 e. The lowest BCUT2D eigenvalue weighted by Crippen LogP contribution is -2.46. The number of hydrogen-bond acceptors (Lipinski definition) is 3. The molecule has 0 saturated carbocycles. The van der Waals surface area contributed by atoms with Gasteiger partial charge >= 0.3 is 0 Å². The van der Waals surface area contributed by atoms with Crippen molar-refractivity contribution in [3.05, 3.63) is 0 Å². The van der Waals surface area contributed by atoms with Gasteiger partial charge in [0.25, 0.3) is 0 Å². The summed E-state index contributed by atoms with van der Waals surface area (Å²) in [7, 11) is 0. The Morgan fingerprint density at radius 1 is 1.36 bits per heavy atom. The first kappa shape index (κ1) is 9.93. The second-order valence-corrected chi connectivity index (χ2v) is 4.23. The molecular weight excluding hydrogens is 180 g/mol. The van der Waals surface area contributed by atoms with Gasteiger partial charge in [-0.3, -0.25) is 4.79 Å². The highest BCUT2D eigenvalue weighted by Crippen LogP contribution is 2.12. The summed E-state index contributed by atoms with van der Waals surface area (Å²) in [6, 6.07) is 0.604. The maximum Gasteiger partial charge on any atom is 0.209 e. The molecule has 2 heterocycles. The van der Waals surface area contributed by atoms with Crippen LogP contribution in [-0.4, -0.2) is 50.2 Å². The molecule has 0 aromatic rings. The summed E-state index contributed by atoms with van der Waals surface area (Å²) < 4.78 is 5.11. The molecule has 0 unspecified atom stereocenters. The summed E-state index contributed by atoms with van der Waals surface area (Å²) in [5.41, 5.74) is 0. The summed E-state index contributed by atoms with van der Waals surface area (Å²) in [5, 5.41) is 3.55. The molecule has 0 aromatic heterocycles. The molecule has 4 nitrogen and oxygen atoms in total. The Balaban J connectivity index is 1.60. The molecule has 0 bridgehead atoms. The predicted molar refractivity (Wildman–Crippen MR) is 53.0 cm³/mol. The average molecular weight is 198 g/mol. The van der Waals surface area contributed by atoms with Crippen molar-refractivity contribution in [1.29, 1.82) is 0 Å². The number of carbonyl (C=O) groups excluding carboxylic acids is 1. The van der Waals surface area contributed by atoms with Gasteiger partial charge in [-0.2, -0.15) is 0 Å². The van der Waals surface area contributed by atoms with Gasteiger partial charge in [0.05, 0.1) is 13.2 Å². The van der Waals surface area contributed by atoms with E-state index in [2.05, 4.69) is 5.32 Å². The molecule has 14 heavy (non-hydrogen) atoms. The first-order chi connectivity index (χ1) is 6.88. The monoisotopic (exact) mass is 198 g/mol. The third kappa shape index (κ3) is 2.45. The molecule has 0 atom stereocenters. The largest absolute Gasteiger partial charge is 0.381 e. The topological polar surface area (TPSA) is 41.6 Å². The summed E-state index contributed by atoms with van der Waals surface area (Å²) in [5.74, 6) is 0.721. The highest BCUT2D eigenvalue weighted by atomic mass is 16.5. The Morgan fingerprint density at radius 2 is 2.07 bits per heavy atom. The van der Waals surface area contributed by atoms with Crippen LogP contribution >= 0.6 is 0 Å². The van der Waals surface area contributed by atoms with Gasteiger partial charge < -0.3 is 15.0 Å². The van der Waals surface area contributed by atoms with E-state index >= 15 is 0 Å². The molecular formula is C10H18N2O2. The first-order valence-electron chi connectivity index (χ1n) is 5.39. The fraction of sp³-hybridized carbons (Fsp3) is 0.900.